The fraction of sp³-hybridized carbons (Fsp3) is 0.273. The Morgan fingerprint density at radius 3 is 2.28 bits per heavy atom. The first-order valence-electron chi connectivity index (χ1n) is 10.1. The van der Waals surface area contributed by atoms with Crippen molar-refractivity contribution in [3.05, 3.63) is 66.5 Å². The standard InChI is InChI=1S/C22H23F3N6O/c23-22(24,25)32-18-8-6-17(7-9-18)29-20-19(26)21(28-15-27-20)31-12-10-30(11-13-31)14-16-4-2-1-3-5-16/h1-9,15H,10-14,26H2,(H,27,28,29). The van der Waals surface area contributed by atoms with Gasteiger partial charge in [0.05, 0.1) is 0 Å². The maximum Gasteiger partial charge on any atom is 0.573 e. The van der Waals surface area contributed by atoms with Crippen LogP contribution in [0.5, 0.6) is 5.75 Å². The minimum absolute atomic E-state index is 0.298. The van der Waals surface area contributed by atoms with Gasteiger partial charge in [0.25, 0.3) is 0 Å². The molecule has 3 N–H and O–H groups in total. The zero-order chi connectivity index (χ0) is 22.6. The van der Waals surface area contributed by atoms with Crippen LogP contribution >= 0.6 is 0 Å². The Labute approximate surface area is 183 Å². The fourth-order valence-corrected chi connectivity index (χ4v) is 3.57. The van der Waals surface area contributed by atoms with E-state index >= 15 is 0 Å². The molecule has 7 nitrogen and oxygen atoms in total. The number of nitrogens with zero attached hydrogens (tertiary/aromatic N) is 4. The van der Waals surface area contributed by atoms with Crippen LogP contribution in [-0.2, 0) is 6.54 Å². The molecule has 1 aromatic heterocycles. The summed E-state index contributed by atoms with van der Waals surface area (Å²) in [4.78, 5) is 13.0. The second kappa shape index (κ2) is 9.31. The van der Waals surface area contributed by atoms with Crippen LogP contribution in [-0.4, -0.2) is 47.4 Å². The molecule has 3 aromatic rings. The molecule has 10 heteroatoms. The Balaban J connectivity index is 1.38. The summed E-state index contributed by atoms with van der Waals surface area (Å²) in [6.07, 6.45) is -3.31. The van der Waals surface area contributed by atoms with Crippen LogP contribution < -0.4 is 20.7 Å². The highest BCUT2D eigenvalue weighted by atomic mass is 19.4. The van der Waals surface area contributed by atoms with Gasteiger partial charge in [-0.2, -0.15) is 0 Å². The van der Waals surface area contributed by atoms with E-state index in [0.717, 1.165) is 32.7 Å². The van der Waals surface area contributed by atoms with Crippen molar-refractivity contribution in [2.24, 2.45) is 0 Å². The van der Waals surface area contributed by atoms with E-state index in [2.05, 4.69) is 42.0 Å². The number of hydrogen-bond donors (Lipinski definition) is 2. The molecule has 2 heterocycles. The monoisotopic (exact) mass is 444 g/mol. The molecule has 0 aliphatic carbocycles. The molecule has 0 spiro atoms. The van der Waals surface area contributed by atoms with Crippen molar-refractivity contribution < 1.29 is 17.9 Å². The first-order valence-corrected chi connectivity index (χ1v) is 10.1. The first-order chi connectivity index (χ1) is 15.4. The van der Waals surface area contributed by atoms with Crippen LogP contribution in [0, 0.1) is 0 Å². The van der Waals surface area contributed by atoms with Crippen molar-refractivity contribution >= 4 is 23.0 Å². The molecule has 0 bridgehead atoms. The normalized spacial score (nSPS) is 14.9. The number of piperazine rings is 1. The second-order valence-electron chi connectivity index (χ2n) is 7.41. The minimum Gasteiger partial charge on any atom is -0.406 e. The summed E-state index contributed by atoms with van der Waals surface area (Å²) in [6.45, 7) is 4.20. The molecule has 168 valence electrons. The third-order valence-corrected chi connectivity index (χ3v) is 5.13. The molecule has 1 saturated heterocycles. The Morgan fingerprint density at radius 1 is 0.938 bits per heavy atom. The second-order valence-corrected chi connectivity index (χ2v) is 7.41. The van der Waals surface area contributed by atoms with Gasteiger partial charge in [-0.3, -0.25) is 4.90 Å². The summed E-state index contributed by atoms with van der Waals surface area (Å²) in [5.74, 6) is 0.734. The highest BCUT2D eigenvalue weighted by molar-refractivity contribution is 5.78. The number of nitrogen functional groups attached to an aromatic ring is 1. The SMILES string of the molecule is Nc1c(Nc2ccc(OC(F)(F)F)cc2)ncnc1N1CCN(Cc2ccccc2)CC1. The zero-order valence-electron chi connectivity index (χ0n) is 17.2. The van der Waals surface area contributed by atoms with E-state index < -0.39 is 6.36 Å². The number of aromatic nitrogens is 2. The van der Waals surface area contributed by atoms with Gasteiger partial charge in [0.2, 0.25) is 0 Å². The maximum absolute atomic E-state index is 12.3. The molecular weight excluding hydrogens is 421 g/mol. The van der Waals surface area contributed by atoms with Crippen molar-refractivity contribution in [2.75, 3.05) is 42.1 Å². The third kappa shape index (κ3) is 5.58. The molecule has 1 aliphatic rings. The lowest BCUT2D eigenvalue weighted by Crippen LogP contribution is -2.46. The van der Waals surface area contributed by atoms with Gasteiger partial charge in [-0.1, -0.05) is 30.3 Å². The minimum atomic E-state index is -4.73. The summed E-state index contributed by atoms with van der Waals surface area (Å²) < 4.78 is 40.8. The van der Waals surface area contributed by atoms with Gasteiger partial charge in [0.15, 0.2) is 11.6 Å². The number of anilines is 4. The number of nitrogens with two attached hydrogens (primary N) is 1. The molecule has 0 amide bonds. The van der Waals surface area contributed by atoms with Gasteiger partial charge >= 0.3 is 6.36 Å². The van der Waals surface area contributed by atoms with Gasteiger partial charge in [-0.25, -0.2) is 9.97 Å². The molecule has 0 unspecified atom stereocenters. The number of alkyl halides is 3. The lowest BCUT2D eigenvalue weighted by atomic mass is 10.2. The molecule has 1 fully saturated rings. The number of benzene rings is 2. The Hall–Kier alpha value is -3.53. The van der Waals surface area contributed by atoms with Gasteiger partial charge in [-0.05, 0) is 29.8 Å². The number of rotatable bonds is 6. The molecule has 32 heavy (non-hydrogen) atoms. The van der Waals surface area contributed by atoms with Crippen molar-refractivity contribution in [3.8, 4) is 5.75 Å². The van der Waals surface area contributed by atoms with Crippen LogP contribution in [0.3, 0.4) is 0 Å². The molecule has 0 radical (unpaired) electrons. The molecule has 4 rings (SSSR count). The number of hydrogen-bond acceptors (Lipinski definition) is 7. The van der Waals surface area contributed by atoms with Crippen LogP contribution in [0.1, 0.15) is 5.56 Å². The lowest BCUT2D eigenvalue weighted by molar-refractivity contribution is -0.274. The number of nitrogens with one attached hydrogen (secondary N) is 1. The van der Waals surface area contributed by atoms with Crippen LogP contribution in [0.25, 0.3) is 0 Å². The molecule has 0 atom stereocenters. The average Bonchev–Trinajstić information content (AvgIpc) is 2.77. The summed E-state index contributed by atoms with van der Waals surface area (Å²) in [5.41, 5.74) is 8.52. The number of halogens is 3. The van der Waals surface area contributed by atoms with E-state index in [0.29, 0.717) is 23.0 Å². The van der Waals surface area contributed by atoms with Gasteiger partial charge in [0.1, 0.15) is 17.8 Å². The highest BCUT2D eigenvalue weighted by Crippen LogP contribution is 2.30. The van der Waals surface area contributed by atoms with Crippen LogP contribution in [0.4, 0.5) is 36.2 Å². The predicted octanol–water partition coefficient (Wildman–Crippen LogP) is 4.02. The van der Waals surface area contributed by atoms with Crippen LogP contribution in [0.2, 0.25) is 0 Å². The number of ether oxygens (including phenoxy) is 1. The summed E-state index contributed by atoms with van der Waals surface area (Å²) in [5, 5.41) is 3.03. The Morgan fingerprint density at radius 2 is 1.62 bits per heavy atom. The summed E-state index contributed by atoms with van der Waals surface area (Å²) in [7, 11) is 0. The van der Waals surface area contributed by atoms with Crippen molar-refractivity contribution in [1.29, 1.82) is 0 Å². The van der Waals surface area contributed by atoms with Gasteiger partial charge in [0, 0.05) is 38.4 Å². The van der Waals surface area contributed by atoms with E-state index in [9.17, 15) is 13.2 Å². The van der Waals surface area contributed by atoms with E-state index in [1.165, 1.54) is 36.2 Å². The Bertz CT molecular complexity index is 1020. The first kappa shape index (κ1) is 21.7. The van der Waals surface area contributed by atoms with E-state index in [1.54, 1.807) is 0 Å². The maximum atomic E-state index is 12.3. The van der Waals surface area contributed by atoms with E-state index in [4.69, 9.17) is 5.73 Å². The van der Waals surface area contributed by atoms with E-state index in [1.807, 2.05) is 18.2 Å². The van der Waals surface area contributed by atoms with Gasteiger partial charge in [-0.15, -0.1) is 13.2 Å². The van der Waals surface area contributed by atoms with Gasteiger partial charge < -0.3 is 20.7 Å². The Kier molecular flexibility index (Phi) is 6.31. The summed E-state index contributed by atoms with van der Waals surface area (Å²) >= 11 is 0. The zero-order valence-corrected chi connectivity index (χ0v) is 17.2. The molecular formula is C22H23F3N6O. The fourth-order valence-electron chi connectivity index (χ4n) is 3.57. The average molecular weight is 444 g/mol. The van der Waals surface area contributed by atoms with Crippen molar-refractivity contribution in [3.63, 3.8) is 0 Å². The smallest absolute Gasteiger partial charge is 0.406 e. The third-order valence-electron chi connectivity index (χ3n) is 5.13. The predicted molar refractivity (Wildman–Crippen MR) is 117 cm³/mol. The van der Waals surface area contributed by atoms with Crippen molar-refractivity contribution in [2.45, 2.75) is 12.9 Å². The summed E-state index contributed by atoms with van der Waals surface area (Å²) in [6, 6.07) is 15.7. The van der Waals surface area contributed by atoms with Crippen LogP contribution in [0.15, 0.2) is 60.9 Å². The largest absolute Gasteiger partial charge is 0.573 e. The highest BCUT2D eigenvalue weighted by Gasteiger charge is 2.31. The molecule has 1 aliphatic heterocycles. The van der Waals surface area contributed by atoms with E-state index in [-0.39, 0.29) is 5.75 Å². The topological polar surface area (TPSA) is 79.5 Å². The van der Waals surface area contributed by atoms with Crippen molar-refractivity contribution in [1.82, 2.24) is 14.9 Å². The molecule has 0 saturated carbocycles. The lowest BCUT2D eigenvalue weighted by Gasteiger charge is -2.36. The quantitative estimate of drug-likeness (QED) is 0.594. The molecule has 2 aromatic carbocycles.